The van der Waals surface area contributed by atoms with Crippen LogP contribution < -0.4 is 0 Å². The number of hydrogen-bond donors (Lipinski definition) is 0. The van der Waals surface area contributed by atoms with Gasteiger partial charge in [0.1, 0.15) is 11.4 Å². The van der Waals surface area contributed by atoms with Gasteiger partial charge in [0, 0.05) is 15.3 Å². The lowest BCUT2D eigenvalue weighted by atomic mass is 10.0. The minimum atomic E-state index is -0.839. The average Bonchev–Trinajstić information content (AvgIpc) is 2.48. The third-order valence-corrected chi connectivity index (χ3v) is 5.41. The Hall–Kier alpha value is -0.800. The Morgan fingerprint density at radius 3 is 2.76 bits per heavy atom. The van der Waals surface area contributed by atoms with E-state index in [1.54, 1.807) is 32.9 Å². The summed E-state index contributed by atoms with van der Waals surface area (Å²) in [7, 11) is 0. The van der Waals surface area contributed by atoms with Gasteiger partial charge in [-0.15, -0.1) is 3.89 Å². The molecule has 0 bridgehead atoms. The Bertz CT molecular complexity index is 683. The predicted molar refractivity (Wildman–Crippen MR) is 103 cm³/mol. The van der Waals surface area contributed by atoms with E-state index < -0.39 is 17.7 Å². The number of ether oxygens (including phenoxy) is 1. The lowest BCUT2D eigenvalue weighted by Gasteiger charge is -2.30. The van der Waals surface area contributed by atoms with Gasteiger partial charge >= 0.3 is 6.09 Å². The van der Waals surface area contributed by atoms with Gasteiger partial charge in [-0.05, 0) is 45.4 Å². The van der Waals surface area contributed by atoms with Gasteiger partial charge in [-0.1, -0.05) is 34.6 Å². The molecule has 2 rings (SSSR count). The molecule has 1 aromatic carbocycles. The predicted octanol–water partition coefficient (Wildman–Crippen LogP) is 6.28. The Morgan fingerprint density at radius 1 is 1.48 bits per heavy atom. The maximum atomic E-state index is 14.2. The number of nitrogens with zero attached hydrogens (tertiary/aromatic N) is 2. The summed E-state index contributed by atoms with van der Waals surface area (Å²) in [5.74, 6) is -0.382. The average molecular weight is 453 g/mol. The van der Waals surface area contributed by atoms with Crippen LogP contribution in [0.3, 0.4) is 0 Å². The van der Waals surface area contributed by atoms with Gasteiger partial charge in [0.25, 0.3) is 0 Å². The number of carbonyl (C=O) groups excluding carboxylic acids is 1. The van der Waals surface area contributed by atoms with Crippen LogP contribution in [0.1, 0.15) is 45.7 Å². The van der Waals surface area contributed by atoms with E-state index in [1.807, 2.05) is 6.92 Å². The van der Waals surface area contributed by atoms with Crippen molar-refractivity contribution >= 4 is 51.3 Å². The quantitative estimate of drug-likeness (QED) is 0.495. The van der Waals surface area contributed by atoms with Crippen molar-refractivity contribution in [3.8, 4) is 0 Å². The molecule has 1 heterocycles. The van der Waals surface area contributed by atoms with E-state index in [-0.39, 0.29) is 28.6 Å². The first-order valence-corrected chi connectivity index (χ1v) is 9.96. The molecule has 0 saturated heterocycles. The first-order chi connectivity index (χ1) is 11.6. The van der Waals surface area contributed by atoms with Crippen molar-refractivity contribution in [2.24, 2.45) is 4.99 Å². The minimum Gasteiger partial charge on any atom is -0.443 e. The first-order valence-electron chi connectivity index (χ1n) is 7.62. The molecule has 1 amide bonds. The van der Waals surface area contributed by atoms with Gasteiger partial charge in [0.2, 0.25) is 0 Å². The summed E-state index contributed by atoms with van der Waals surface area (Å²) in [5, 5.41) is 0.206. The molecule has 2 unspecified atom stereocenters. The van der Waals surface area contributed by atoms with Crippen molar-refractivity contribution in [1.29, 1.82) is 0 Å². The Kier molecular flexibility index (Phi) is 6.78. The highest BCUT2D eigenvalue weighted by Gasteiger charge is 2.33. The monoisotopic (exact) mass is 452 g/mol. The summed E-state index contributed by atoms with van der Waals surface area (Å²) >= 11 is 4.32. The zero-order chi connectivity index (χ0) is 18.8. The number of carbonyl (C=O) groups is 1. The number of thioether (sulfide) groups is 1. The van der Waals surface area contributed by atoms with Crippen molar-refractivity contribution in [3.63, 3.8) is 0 Å². The third kappa shape index (κ3) is 5.59. The standard InChI is InChI=1S/C16H19BrF2N2O2S2/c1-9-7-13(11-8-10(17)5-6-12(11)18)20-14(24-9)21(25-19)15(22)23-16(2,3)4/h5-6,8-9,13H,7H2,1-4H3. The summed E-state index contributed by atoms with van der Waals surface area (Å²) < 4.78 is 34.3. The molecule has 0 aliphatic carbocycles. The van der Waals surface area contributed by atoms with Gasteiger partial charge in [0.05, 0.1) is 6.04 Å². The molecule has 9 heteroatoms. The molecule has 25 heavy (non-hydrogen) atoms. The zero-order valence-electron chi connectivity index (χ0n) is 14.3. The maximum absolute atomic E-state index is 14.2. The molecule has 4 nitrogen and oxygen atoms in total. The number of aliphatic imine (C=N–C) groups is 1. The van der Waals surface area contributed by atoms with E-state index in [1.165, 1.54) is 17.8 Å². The summed E-state index contributed by atoms with van der Waals surface area (Å²) in [6, 6.07) is 4.12. The summed E-state index contributed by atoms with van der Waals surface area (Å²) in [6.45, 7) is 7.02. The van der Waals surface area contributed by atoms with Crippen molar-refractivity contribution < 1.29 is 17.8 Å². The molecule has 1 aliphatic heterocycles. The van der Waals surface area contributed by atoms with Gasteiger partial charge in [-0.3, -0.25) is 4.99 Å². The molecule has 0 saturated carbocycles. The lowest BCUT2D eigenvalue weighted by molar-refractivity contribution is 0.0473. The second kappa shape index (κ2) is 8.26. The number of hydrogen-bond acceptors (Lipinski definition) is 5. The van der Waals surface area contributed by atoms with Gasteiger partial charge in [0.15, 0.2) is 17.5 Å². The van der Waals surface area contributed by atoms with E-state index in [2.05, 4.69) is 20.9 Å². The Morgan fingerprint density at radius 2 is 2.16 bits per heavy atom. The largest absolute Gasteiger partial charge is 0.443 e. The second-order valence-corrected chi connectivity index (χ2v) is 9.43. The van der Waals surface area contributed by atoms with Gasteiger partial charge < -0.3 is 4.74 Å². The fraction of sp³-hybridized carbons (Fsp3) is 0.500. The topological polar surface area (TPSA) is 41.9 Å². The molecular weight excluding hydrogens is 434 g/mol. The minimum absolute atomic E-state index is 0.0352. The molecule has 0 fully saturated rings. The molecule has 0 N–H and O–H groups in total. The molecule has 0 aromatic heterocycles. The van der Waals surface area contributed by atoms with Crippen molar-refractivity contribution in [2.45, 2.75) is 51.0 Å². The highest BCUT2D eigenvalue weighted by atomic mass is 79.9. The van der Waals surface area contributed by atoms with E-state index >= 15 is 0 Å². The van der Waals surface area contributed by atoms with E-state index in [0.29, 0.717) is 12.0 Å². The van der Waals surface area contributed by atoms with Crippen LogP contribution in [0.5, 0.6) is 0 Å². The number of amidine groups is 1. The normalized spacial score (nSPS) is 20.8. The summed E-state index contributed by atoms with van der Waals surface area (Å²) in [6.07, 6.45) is -0.255. The summed E-state index contributed by atoms with van der Waals surface area (Å²) in [5.41, 5.74) is -0.348. The highest BCUT2D eigenvalue weighted by Crippen LogP contribution is 2.39. The first kappa shape index (κ1) is 20.5. The van der Waals surface area contributed by atoms with Crippen LogP contribution in [0.2, 0.25) is 0 Å². The maximum Gasteiger partial charge on any atom is 0.428 e. The van der Waals surface area contributed by atoms with Crippen LogP contribution in [0.15, 0.2) is 27.7 Å². The fourth-order valence-electron chi connectivity index (χ4n) is 2.26. The Balaban J connectivity index is 2.33. The molecular formula is C16H19BrF2N2O2S2. The van der Waals surface area contributed by atoms with Gasteiger partial charge in [-0.25, -0.2) is 9.18 Å². The smallest absolute Gasteiger partial charge is 0.428 e. The molecule has 2 atom stereocenters. The van der Waals surface area contributed by atoms with Crippen LogP contribution in [0, 0.1) is 5.82 Å². The number of halogens is 3. The summed E-state index contributed by atoms with van der Waals surface area (Å²) in [4.78, 5) is 16.6. The number of rotatable bonds is 2. The molecule has 1 aromatic rings. The molecule has 138 valence electrons. The highest BCUT2D eigenvalue weighted by molar-refractivity contribution is 9.10. The zero-order valence-corrected chi connectivity index (χ0v) is 17.5. The van der Waals surface area contributed by atoms with Crippen LogP contribution in [-0.2, 0) is 4.74 Å². The SMILES string of the molecule is CC1CC(c2cc(Br)ccc2F)N=C(N(SF)C(=O)OC(C)(C)C)S1. The van der Waals surface area contributed by atoms with Crippen molar-refractivity contribution in [3.05, 3.63) is 34.1 Å². The van der Waals surface area contributed by atoms with Crippen LogP contribution in [0.25, 0.3) is 0 Å². The van der Waals surface area contributed by atoms with Gasteiger partial charge in [-0.2, -0.15) is 4.31 Å². The molecule has 0 spiro atoms. The Labute approximate surface area is 163 Å². The van der Waals surface area contributed by atoms with Crippen LogP contribution >= 0.6 is 40.0 Å². The molecule has 0 radical (unpaired) electrons. The second-order valence-electron chi connectivity index (χ2n) is 6.60. The van der Waals surface area contributed by atoms with Crippen LogP contribution in [-0.4, -0.2) is 26.4 Å². The molecule has 1 aliphatic rings. The lowest BCUT2D eigenvalue weighted by Crippen LogP contribution is -2.36. The fourth-order valence-corrected chi connectivity index (χ4v) is 4.05. The van der Waals surface area contributed by atoms with Crippen molar-refractivity contribution in [2.75, 3.05) is 0 Å². The van der Waals surface area contributed by atoms with E-state index in [0.717, 1.165) is 8.78 Å². The van der Waals surface area contributed by atoms with Crippen molar-refractivity contribution in [1.82, 2.24) is 4.31 Å². The van der Waals surface area contributed by atoms with E-state index in [4.69, 9.17) is 4.74 Å². The van der Waals surface area contributed by atoms with Crippen LogP contribution in [0.4, 0.5) is 13.1 Å². The number of benzene rings is 1. The third-order valence-electron chi connectivity index (χ3n) is 3.25. The number of amides is 1. The van der Waals surface area contributed by atoms with E-state index in [9.17, 15) is 13.1 Å².